The lowest BCUT2D eigenvalue weighted by Crippen LogP contribution is -2.45. The van der Waals surface area contributed by atoms with Crippen LogP contribution >= 0.6 is 0 Å². The molecule has 0 rings (SSSR count). The van der Waals surface area contributed by atoms with Gasteiger partial charge in [0.15, 0.2) is 0 Å². The summed E-state index contributed by atoms with van der Waals surface area (Å²) in [4.78, 5) is 0. The van der Waals surface area contributed by atoms with Gasteiger partial charge in [-0.25, -0.2) is 0 Å². The zero-order valence-corrected chi connectivity index (χ0v) is 14.9. The van der Waals surface area contributed by atoms with Crippen molar-refractivity contribution in [3.8, 4) is 0 Å². The molecule has 0 aromatic heterocycles. The highest BCUT2D eigenvalue weighted by Gasteiger charge is 2.39. The van der Waals surface area contributed by atoms with Crippen LogP contribution in [-0.4, -0.2) is 28.6 Å². The minimum atomic E-state index is -2.39. The monoisotopic (exact) mass is 290 g/mol. The van der Waals surface area contributed by atoms with Gasteiger partial charge in [-0.05, 0) is 39.0 Å². The van der Waals surface area contributed by atoms with Crippen molar-refractivity contribution >= 4 is 8.80 Å². The molecule has 19 heavy (non-hydrogen) atoms. The van der Waals surface area contributed by atoms with E-state index >= 15 is 0 Å². The summed E-state index contributed by atoms with van der Waals surface area (Å²) in [6, 6.07) is 0.951. The summed E-state index contributed by atoms with van der Waals surface area (Å²) >= 11 is 0. The van der Waals surface area contributed by atoms with E-state index in [1.54, 1.807) is 0 Å². The molecular weight excluding hydrogens is 256 g/mol. The first-order valence-corrected chi connectivity index (χ1v) is 9.74. The van der Waals surface area contributed by atoms with Gasteiger partial charge in [0, 0.05) is 25.9 Å². The molecule has 0 amide bonds. The maximum atomic E-state index is 5.85. The Morgan fingerprint density at radius 3 is 1.58 bits per heavy atom. The predicted molar refractivity (Wildman–Crippen MR) is 83.4 cm³/mol. The van der Waals surface area contributed by atoms with Gasteiger partial charge in [-0.3, -0.25) is 0 Å². The van der Waals surface area contributed by atoms with Gasteiger partial charge < -0.3 is 13.3 Å². The van der Waals surface area contributed by atoms with Crippen LogP contribution in [0.1, 0.15) is 67.2 Å². The smallest absolute Gasteiger partial charge is 0.374 e. The van der Waals surface area contributed by atoms with Gasteiger partial charge in [-0.2, -0.15) is 0 Å². The quantitative estimate of drug-likeness (QED) is 0.410. The molecule has 0 N–H and O–H groups in total. The second-order valence-corrected chi connectivity index (χ2v) is 8.84. The Hall–Kier alpha value is 0.0969. The van der Waals surface area contributed by atoms with E-state index in [2.05, 4.69) is 20.8 Å². The first-order valence-electron chi connectivity index (χ1n) is 7.81. The maximum absolute atomic E-state index is 5.85. The molecule has 0 aromatic carbocycles. The second-order valence-electron chi connectivity index (χ2n) is 6.10. The van der Waals surface area contributed by atoms with Crippen molar-refractivity contribution in [2.24, 2.45) is 5.41 Å². The Morgan fingerprint density at radius 1 is 0.737 bits per heavy atom. The molecule has 0 saturated heterocycles. The van der Waals surface area contributed by atoms with Crippen LogP contribution in [0, 0.1) is 5.41 Å². The van der Waals surface area contributed by atoms with Crippen molar-refractivity contribution in [1.29, 1.82) is 0 Å². The SMILES string of the molecule is CCO[Si](CCCCCC(C)(C)C)(OCC)OCC. The van der Waals surface area contributed by atoms with Gasteiger partial charge in [0.1, 0.15) is 0 Å². The zero-order chi connectivity index (χ0) is 14.8. The van der Waals surface area contributed by atoms with Crippen molar-refractivity contribution < 1.29 is 13.3 Å². The molecule has 0 unspecified atom stereocenters. The molecule has 4 heteroatoms. The van der Waals surface area contributed by atoms with Gasteiger partial charge in [0.25, 0.3) is 0 Å². The minimum absolute atomic E-state index is 0.439. The molecule has 0 fully saturated rings. The standard InChI is InChI=1S/C15H34O3Si/c1-7-16-19(17-8-2,18-9-3)14-12-10-11-13-15(4,5)6/h7-14H2,1-6H3. The molecule has 0 radical (unpaired) electrons. The van der Waals surface area contributed by atoms with Gasteiger partial charge >= 0.3 is 8.80 Å². The van der Waals surface area contributed by atoms with Crippen LogP contribution in [0.3, 0.4) is 0 Å². The number of hydrogen-bond donors (Lipinski definition) is 0. The Labute approximate surface area is 121 Å². The Kier molecular flexibility index (Phi) is 9.97. The summed E-state index contributed by atoms with van der Waals surface area (Å²) in [5.41, 5.74) is 0.439. The molecule has 0 saturated carbocycles. The fourth-order valence-corrected chi connectivity index (χ4v) is 4.86. The van der Waals surface area contributed by atoms with Crippen LogP contribution in [0.25, 0.3) is 0 Å². The van der Waals surface area contributed by atoms with Gasteiger partial charge in [-0.1, -0.05) is 33.6 Å². The maximum Gasteiger partial charge on any atom is 0.500 e. The van der Waals surface area contributed by atoms with Gasteiger partial charge in [0.2, 0.25) is 0 Å². The molecule has 0 aromatic rings. The highest BCUT2D eigenvalue weighted by atomic mass is 28.4. The molecule has 0 spiro atoms. The van der Waals surface area contributed by atoms with Crippen molar-refractivity contribution in [3.63, 3.8) is 0 Å². The zero-order valence-electron chi connectivity index (χ0n) is 13.9. The van der Waals surface area contributed by atoms with E-state index in [0.29, 0.717) is 25.2 Å². The molecule has 0 bridgehead atoms. The molecule has 0 aliphatic heterocycles. The fraction of sp³-hybridized carbons (Fsp3) is 1.00. The average Bonchev–Trinajstić information content (AvgIpc) is 2.28. The Morgan fingerprint density at radius 2 is 1.21 bits per heavy atom. The summed E-state index contributed by atoms with van der Waals surface area (Å²) in [7, 11) is -2.39. The van der Waals surface area contributed by atoms with E-state index in [0.717, 1.165) is 12.5 Å². The molecule has 116 valence electrons. The number of unbranched alkanes of at least 4 members (excludes halogenated alkanes) is 2. The molecule has 0 aliphatic rings. The third kappa shape index (κ3) is 9.60. The Bertz CT molecular complexity index is 197. The predicted octanol–water partition coefficient (Wildman–Crippen LogP) is 4.64. The molecule has 3 nitrogen and oxygen atoms in total. The number of hydrogen-bond acceptors (Lipinski definition) is 3. The number of rotatable bonds is 11. The topological polar surface area (TPSA) is 27.7 Å². The summed E-state index contributed by atoms with van der Waals surface area (Å²) in [6.07, 6.45) is 4.93. The van der Waals surface area contributed by atoms with Gasteiger partial charge in [-0.15, -0.1) is 0 Å². The largest absolute Gasteiger partial charge is 0.500 e. The van der Waals surface area contributed by atoms with Crippen molar-refractivity contribution in [3.05, 3.63) is 0 Å². The van der Waals surface area contributed by atoms with E-state index in [-0.39, 0.29) is 0 Å². The summed E-state index contributed by atoms with van der Waals surface area (Å²) in [5, 5.41) is 0. The molecule has 0 heterocycles. The van der Waals surface area contributed by atoms with Crippen LogP contribution < -0.4 is 0 Å². The van der Waals surface area contributed by atoms with E-state index in [4.69, 9.17) is 13.3 Å². The summed E-state index contributed by atoms with van der Waals surface area (Å²) < 4.78 is 17.6. The molecule has 0 atom stereocenters. The highest BCUT2D eigenvalue weighted by Crippen LogP contribution is 2.24. The normalized spacial score (nSPS) is 12.9. The van der Waals surface area contributed by atoms with E-state index in [9.17, 15) is 0 Å². The van der Waals surface area contributed by atoms with Crippen LogP contribution in [0.5, 0.6) is 0 Å². The van der Waals surface area contributed by atoms with E-state index < -0.39 is 8.80 Å². The lowest BCUT2D eigenvalue weighted by molar-refractivity contribution is 0.0706. The first-order chi connectivity index (χ1) is 8.89. The summed E-state index contributed by atoms with van der Waals surface area (Å²) in [5.74, 6) is 0. The molecular formula is C15H34O3Si. The van der Waals surface area contributed by atoms with Crippen molar-refractivity contribution in [2.45, 2.75) is 73.3 Å². The lowest BCUT2D eigenvalue weighted by Gasteiger charge is -2.28. The van der Waals surface area contributed by atoms with E-state index in [1.807, 2.05) is 20.8 Å². The average molecular weight is 291 g/mol. The third-order valence-corrected chi connectivity index (χ3v) is 6.15. The summed E-state index contributed by atoms with van der Waals surface area (Å²) in [6.45, 7) is 15.0. The van der Waals surface area contributed by atoms with Gasteiger partial charge in [0.05, 0.1) is 0 Å². The Balaban J connectivity index is 4.10. The van der Waals surface area contributed by atoms with E-state index in [1.165, 1.54) is 19.3 Å². The minimum Gasteiger partial charge on any atom is -0.374 e. The molecule has 0 aliphatic carbocycles. The van der Waals surface area contributed by atoms with Crippen molar-refractivity contribution in [2.75, 3.05) is 19.8 Å². The fourth-order valence-electron chi connectivity index (χ4n) is 2.17. The second kappa shape index (κ2) is 9.92. The van der Waals surface area contributed by atoms with Crippen LogP contribution in [-0.2, 0) is 13.3 Å². The highest BCUT2D eigenvalue weighted by molar-refractivity contribution is 6.60. The van der Waals surface area contributed by atoms with Crippen LogP contribution in [0.15, 0.2) is 0 Å². The van der Waals surface area contributed by atoms with Crippen LogP contribution in [0.2, 0.25) is 6.04 Å². The first kappa shape index (κ1) is 19.1. The van der Waals surface area contributed by atoms with Crippen molar-refractivity contribution in [1.82, 2.24) is 0 Å². The van der Waals surface area contributed by atoms with Crippen LogP contribution in [0.4, 0.5) is 0 Å². The third-order valence-electron chi connectivity index (χ3n) is 3.00. The lowest BCUT2D eigenvalue weighted by atomic mass is 9.90.